The van der Waals surface area contributed by atoms with Crippen LogP contribution >= 0.6 is 54.5 Å². The molecule has 0 aliphatic rings. The molecule has 2 heterocycles. The summed E-state index contributed by atoms with van der Waals surface area (Å²) in [7, 11) is 0. The molecule has 0 aromatic carbocycles. The summed E-state index contributed by atoms with van der Waals surface area (Å²) in [5.41, 5.74) is 1.10. The molecular weight excluding hydrogens is 544 g/mol. The van der Waals surface area contributed by atoms with E-state index in [1.165, 1.54) is 88.4 Å². The molecule has 2 rings (SSSR count). The van der Waals surface area contributed by atoms with Crippen LogP contribution in [0, 0.1) is 0 Å². The Morgan fingerprint density at radius 3 is 1.80 bits per heavy atom. The fourth-order valence-corrected chi connectivity index (χ4v) is 8.93. The number of thiophene rings is 2. The normalized spacial score (nSPS) is 11.8. The summed E-state index contributed by atoms with van der Waals surface area (Å²) < 4.78 is 3.20. The largest absolute Gasteiger partial charge is 0.477 e. The van der Waals surface area contributed by atoms with Gasteiger partial charge < -0.3 is 5.11 Å². The average molecular weight is 580 g/mol. The molecule has 2 aromatic heterocycles. The maximum atomic E-state index is 12.1. The van der Waals surface area contributed by atoms with Gasteiger partial charge in [0.05, 0.1) is 12.3 Å². The van der Waals surface area contributed by atoms with Gasteiger partial charge in [-0.05, 0) is 56.2 Å². The molecule has 6 heteroatoms. The van der Waals surface area contributed by atoms with Gasteiger partial charge in [-0.3, -0.25) is 0 Å². The van der Waals surface area contributed by atoms with Crippen molar-refractivity contribution in [1.82, 2.24) is 0 Å². The van der Waals surface area contributed by atoms with Crippen molar-refractivity contribution < 1.29 is 9.90 Å². The second-order valence-electron chi connectivity index (χ2n) is 8.31. The molecule has 170 valence electrons. The maximum Gasteiger partial charge on any atom is 0.346 e. The van der Waals surface area contributed by atoms with Gasteiger partial charge in [0.15, 0.2) is 0 Å². The van der Waals surface area contributed by atoms with E-state index in [1.54, 1.807) is 11.3 Å². The van der Waals surface area contributed by atoms with Crippen LogP contribution in [0.4, 0.5) is 0 Å². The van der Waals surface area contributed by atoms with Crippen molar-refractivity contribution in [1.29, 1.82) is 0 Å². The smallest absolute Gasteiger partial charge is 0.346 e. The molecular formula is C24H36Br2O2S2. The Hall–Kier alpha value is 0.0900. The third-order valence-electron chi connectivity index (χ3n) is 5.91. The molecule has 2 aromatic rings. The molecule has 2 nitrogen and oxygen atoms in total. The van der Waals surface area contributed by atoms with Gasteiger partial charge in [0.2, 0.25) is 0 Å². The van der Waals surface area contributed by atoms with E-state index in [2.05, 4.69) is 45.7 Å². The van der Waals surface area contributed by atoms with Gasteiger partial charge in [0.1, 0.15) is 4.88 Å². The first-order valence-corrected chi connectivity index (χ1v) is 14.9. The first kappa shape index (κ1) is 26.3. The first-order valence-electron chi connectivity index (χ1n) is 11.6. The van der Waals surface area contributed by atoms with Crippen LogP contribution < -0.4 is 0 Å². The fraction of sp³-hybridized carbons (Fsp3) is 0.708. The first-order chi connectivity index (χ1) is 14.5. The predicted molar refractivity (Wildman–Crippen MR) is 141 cm³/mol. The number of unbranched alkanes of at least 4 members (excludes halogenated alkanes) is 10. The fourth-order valence-electron chi connectivity index (χ4n) is 4.28. The van der Waals surface area contributed by atoms with E-state index in [0.717, 1.165) is 36.1 Å². The van der Waals surface area contributed by atoms with Crippen molar-refractivity contribution in [3.63, 3.8) is 0 Å². The second kappa shape index (κ2) is 14.3. The lowest BCUT2D eigenvalue weighted by atomic mass is 9.87. The number of carboxylic acids is 1. The molecule has 0 saturated carbocycles. The number of hydrogen-bond acceptors (Lipinski definition) is 3. The Labute approximate surface area is 207 Å². The Balaban J connectivity index is 2.15. The zero-order valence-electron chi connectivity index (χ0n) is 18.4. The molecule has 0 radical (unpaired) electrons. The molecule has 0 atom stereocenters. The number of rotatable bonds is 16. The lowest BCUT2D eigenvalue weighted by Gasteiger charge is -2.18. The number of carbonyl (C=O) groups is 1. The summed E-state index contributed by atoms with van der Waals surface area (Å²) in [4.78, 5) is 12.6. The number of hydrogen-bond donors (Lipinski definition) is 1. The van der Waals surface area contributed by atoms with Crippen LogP contribution in [-0.2, 0) is 0 Å². The Morgan fingerprint density at radius 1 is 0.800 bits per heavy atom. The van der Waals surface area contributed by atoms with Crippen molar-refractivity contribution in [2.24, 2.45) is 0 Å². The molecule has 0 fully saturated rings. The van der Waals surface area contributed by atoms with E-state index in [0.29, 0.717) is 10.8 Å². The van der Waals surface area contributed by atoms with Crippen LogP contribution in [0.15, 0.2) is 7.57 Å². The number of aromatic carboxylic acids is 1. The zero-order chi connectivity index (χ0) is 21.9. The Morgan fingerprint density at radius 2 is 1.30 bits per heavy atom. The Bertz CT molecular complexity index is 766. The average Bonchev–Trinajstić information content (AvgIpc) is 3.24. The highest BCUT2D eigenvalue weighted by Gasteiger charge is 2.28. The van der Waals surface area contributed by atoms with Crippen molar-refractivity contribution in [2.45, 2.75) is 110 Å². The van der Waals surface area contributed by atoms with Crippen LogP contribution in [0.5, 0.6) is 0 Å². The third-order valence-corrected chi connectivity index (χ3v) is 10.0. The third kappa shape index (κ3) is 7.60. The van der Waals surface area contributed by atoms with Crippen molar-refractivity contribution >= 4 is 70.6 Å². The summed E-state index contributed by atoms with van der Waals surface area (Å²) in [5, 5.41) is 11.1. The second-order valence-corrected chi connectivity index (χ2v) is 13.0. The van der Waals surface area contributed by atoms with Crippen LogP contribution in [0.25, 0.3) is 10.1 Å². The van der Waals surface area contributed by atoms with Crippen LogP contribution in [0.1, 0.15) is 125 Å². The standard InChI is InChI=1S/C24H36Br2O2S2/c1-3-5-7-9-11-13-15-17(16-14-12-10-8-6-4-2)18-19-20(23(26)30-22(19)25)29-21(18)24(27)28/h17H,3-16H2,1-2H3,(H,27,28). The van der Waals surface area contributed by atoms with Crippen molar-refractivity contribution in [3.05, 3.63) is 18.0 Å². The minimum Gasteiger partial charge on any atom is -0.477 e. The van der Waals surface area contributed by atoms with Gasteiger partial charge in [-0.15, -0.1) is 22.7 Å². The summed E-state index contributed by atoms with van der Waals surface area (Å²) in [6, 6.07) is 0. The van der Waals surface area contributed by atoms with E-state index in [1.807, 2.05) is 0 Å². The molecule has 0 amide bonds. The lowest BCUT2D eigenvalue weighted by molar-refractivity contribution is 0.0700. The lowest BCUT2D eigenvalue weighted by Crippen LogP contribution is -2.05. The van der Waals surface area contributed by atoms with E-state index < -0.39 is 5.97 Å². The summed E-state index contributed by atoms with van der Waals surface area (Å²) in [6.07, 6.45) is 17.6. The van der Waals surface area contributed by atoms with Gasteiger partial charge in [0.25, 0.3) is 0 Å². The number of carboxylic acid groups (broad SMARTS) is 1. The monoisotopic (exact) mass is 578 g/mol. The molecule has 30 heavy (non-hydrogen) atoms. The van der Waals surface area contributed by atoms with Crippen molar-refractivity contribution in [2.75, 3.05) is 0 Å². The van der Waals surface area contributed by atoms with E-state index >= 15 is 0 Å². The van der Waals surface area contributed by atoms with Gasteiger partial charge in [0, 0.05) is 5.39 Å². The number of halogens is 2. The molecule has 0 bridgehead atoms. The highest BCUT2D eigenvalue weighted by atomic mass is 79.9. The van der Waals surface area contributed by atoms with Crippen LogP contribution in [0.2, 0.25) is 0 Å². The Kier molecular flexibility index (Phi) is 12.5. The van der Waals surface area contributed by atoms with Gasteiger partial charge >= 0.3 is 5.97 Å². The van der Waals surface area contributed by atoms with Crippen molar-refractivity contribution in [3.8, 4) is 0 Å². The number of fused-ring (bicyclic) bond motifs is 1. The minimum absolute atomic E-state index is 0.347. The topological polar surface area (TPSA) is 37.3 Å². The quantitative estimate of drug-likeness (QED) is 0.201. The predicted octanol–water partition coefficient (Wildman–Crippen LogP) is 10.8. The zero-order valence-corrected chi connectivity index (χ0v) is 23.2. The van der Waals surface area contributed by atoms with Gasteiger partial charge in [-0.1, -0.05) is 90.9 Å². The molecule has 0 aliphatic heterocycles. The molecule has 0 saturated heterocycles. The van der Waals surface area contributed by atoms with E-state index in [-0.39, 0.29) is 0 Å². The van der Waals surface area contributed by atoms with Crippen LogP contribution in [0.3, 0.4) is 0 Å². The maximum absolute atomic E-state index is 12.1. The minimum atomic E-state index is -0.772. The highest BCUT2D eigenvalue weighted by molar-refractivity contribution is 9.12. The molecule has 0 unspecified atom stereocenters. The summed E-state index contributed by atoms with van der Waals surface area (Å²) in [5.74, 6) is -0.425. The van der Waals surface area contributed by atoms with Gasteiger partial charge in [-0.2, -0.15) is 0 Å². The molecule has 0 aliphatic carbocycles. The van der Waals surface area contributed by atoms with E-state index in [9.17, 15) is 9.90 Å². The highest BCUT2D eigenvalue weighted by Crippen LogP contribution is 2.50. The molecule has 0 spiro atoms. The summed E-state index contributed by atoms with van der Waals surface area (Å²) in [6.45, 7) is 4.51. The van der Waals surface area contributed by atoms with Gasteiger partial charge in [-0.25, -0.2) is 4.79 Å². The SMILES string of the molecule is CCCCCCCCC(CCCCCCCC)c1c(C(=O)O)sc2c(Br)sc(Br)c12. The van der Waals surface area contributed by atoms with Crippen LogP contribution in [-0.4, -0.2) is 11.1 Å². The summed E-state index contributed by atoms with van der Waals surface area (Å²) >= 11 is 10.5. The van der Waals surface area contributed by atoms with E-state index in [4.69, 9.17) is 0 Å². The molecule has 1 N–H and O–H groups in total.